The molecule has 7 nitrogen and oxygen atoms in total. The van der Waals surface area contributed by atoms with Crippen molar-refractivity contribution in [2.24, 2.45) is 0 Å². The molecule has 2 aromatic rings. The van der Waals surface area contributed by atoms with Crippen LogP contribution in [0.1, 0.15) is 19.4 Å². The Morgan fingerprint density at radius 1 is 1.13 bits per heavy atom. The van der Waals surface area contributed by atoms with Crippen LogP contribution in [0.2, 0.25) is 5.02 Å². The van der Waals surface area contributed by atoms with Gasteiger partial charge >= 0.3 is 0 Å². The number of nitrogens with one attached hydrogen (secondary N) is 2. The summed E-state index contributed by atoms with van der Waals surface area (Å²) in [5.41, 5.74) is 0.344. The number of benzene rings is 2. The van der Waals surface area contributed by atoms with E-state index < -0.39 is 27.3 Å². The Kier molecular flexibility index (Phi) is 6.90. The predicted octanol–water partition coefficient (Wildman–Crippen LogP) is 3.64. The lowest BCUT2D eigenvalue weighted by Crippen LogP contribution is -2.44. The largest absolute Gasteiger partial charge is 0.379 e. The molecule has 3 rings (SSSR count). The number of carbonyl (C=O) groups is 1. The maximum absolute atomic E-state index is 13.3. The molecule has 2 N–H and O–H groups in total. The van der Waals surface area contributed by atoms with E-state index >= 15 is 0 Å². The van der Waals surface area contributed by atoms with Crippen LogP contribution in [-0.2, 0) is 19.6 Å². The number of carbonyl (C=O) groups excluding carboxylic acids is 1. The summed E-state index contributed by atoms with van der Waals surface area (Å²) in [4.78, 5) is 13.0. The molecule has 0 bridgehead atoms. The summed E-state index contributed by atoms with van der Waals surface area (Å²) >= 11 is 5.77. The monoisotopic (exact) mass is 469 g/mol. The Balaban J connectivity index is 1.80. The predicted molar refractivity (Wildman–Crippen MR) is 118 cm³/mol. The highest BCUT2D eigenvalue weighted by molar-refractivity contribution is 7.89. The van der Waals surface area contributed by atoms with Gasteiger partial charge in [0.1, 0.15) is 11.4 Å². The Bertz CT molecular complexity index is 1090. The third kappa shape index (κ3) is 5.35. The van der Waals surface area contributed by atoms with E-state index in [9.17, 15) is 17.6 Å². The van der Waals surface area contributed by atoms with Crippen molar-refractivity contribution >= 4 is 38.9 Å². The van der Waals surface area contributed by atoms with Gasteiger partial charge in [-0.05, 0) is 56.7 Å². The normalized spacial score (nSPS) is 15.5. The fourth-order valence-corrected chi connectivity index (χ4v) is 5.00. The van der Waals surface area contributed by atoms with Crippen LogP contribution in [0.4, 0.5) is 15.8 Å². The van der Waals surface area contributed by atoms with Crippen LogP contribution < -0.4 is 10.6 Å². The Labute approximate surface area is 186 Å². The summed E-state index contributed by atoms with van der Waals surface area (Å²) in [7, 11) is -3.69. The standard InChI is InChI=1S/C21H25ClFN3O4S/c1-14-4-5-16(13-19(14)31(28,29)26-8-10-30-11-9-26)25-21(2,3)20(27)24-15-6-7-18(23)17(22)12-15/h4-7,12-13,25H,8-11H2,1-3H3,(H,24,27). The SMILES string of the molecule is Cc1ccc(NC(C)(C)C(=O)Nc2ccc(F)c(Cl)c2)cc1S(=O)(=O)N1CCOCC1. The molecule has 0 spiro atoms. The van der Waals surface area contributed by atoms with Gasteiger partial charge in [-0.25, -0.2) is 12.8 Å². The van der Waals surface area contributed by atoms with Crippen LogP contribution >= 0.6 is 11.6 Å². The summed E-state index contributed by atoms with van der Waals surface area (Å²) in [6.45, 7) is 6.36. The number of halogens is 2. The van der Waals surface area contributed by atoms with Gasteiger partial charge in [-0.15, -0.1) is 0 Å². The summed E-state index contributed by atoms with van der Waals surface area (Å²) < 4.78 is 46.2. The van der Waals surface area contributed by atoms with Crippen LogP contribution in [0.5, 0.6) is 0 Å². The zero-order chi connectivity index (χ0) is 22.8. The number of anilines is 2. The summed E-state index contributed by atoms with van der Waals surface area (Å²) in [6, 6.07) is 8.85. The summed E-state index contributed by atoms with van der Waals surface area (Å²) in [6.07, 6.45) is 0. The number of ether oxygens (including phenoxy) is 1. The highest BCUT2D eigenvalue weighted by atomic mass is 35.5. The molecule has 1 saturated heterocycles. The van der Waals surface area contributed by atoms with Gasteiger partial charge < -0.3 is 15.4 Å². The molecule has 0 unspecified atom stereocenters. The molecule has 31 heavy (non-hydrogen) atoms. The molecule has 0 saturated carbocycles. The van der Waals surface area contributed by atoms with Gasteiger partial charge in [-0.3, -0.25) is 4.79 Å². The zero-order valence-electron chi connectivity index (χ0n) is 17.5. The zero-order valence-corrected chi connectivity index (χ0v) is 19.1. The topological polar surface area (TPSA) is 87.7 Å². The van der Waals surface area contributed by atoms with Crippen LogP contribution in [0, 0.1) is 12.7 Å². The number of hydrogen-bond acceptors (Lipinski definition) is 5. The number of hydrogen-bond donors (Lipinski definition) is 2. The van der Waals surface area contributed by atoms with E-state index in [1.54, 1.807) is 32.9 Å². The average Bonchev–Trinajstić information content (AvgIpc) is 2.72. The molecular weight excluding hydrogens is 445 g/mol. The second-order valence-corrected chi connectivity index (χ2v) is 10.1. The van der Waals surface area contributed by atoms with Crippen molar-refractivity contribution in [3.63, 3.8) is 0 Å². The molecule has 0 atom stereocenters. The van der Waals surface area contributed by atoms with Gasteiger partial charge in [0, 0.05) is 24.5 Å². The van der Waals surface area contributed by atoms with E-state index in [0.717, 1.165) is 0 Å². The highest BCUT2D eigenvalue weighted by Crippen LogP contribution is 2.27. The minimum atomic E-state index is -3.69. The molecule has 1 fully saturated rings. The number of aryl methyl sites for hydroxylation is 1. The molecule has 0 aromatic heterocycles. The molecule has 168 valence electrons. The minimum absolute atomic E-state index is 0.0972. The average molecular weight is 470 g/mol. The number of nitrogens with zero attached hydrogens (tertiary/aromatic N) is 1. The molecule has 0 aliphatic carbocycles. The summed E-state index contributed by atoms with van der Waals surface area (Å²) in [5.74, 6) is -0.973. The maximum Gasteiger partial charge on any atom is 0.249 e. The Morgan fingerprint density at radius 3 is 2.42 bits per heavy atom. The third-order valence-electron chi connectivity index (χ3n) is 4.98. The number of rotatable bonds is 6. The second-order valence-electron chi connectivity index (χ2n) is 7.83. The maximum atomic E-state index is 13.3. The van der Waals surface area contributed by atoms with Crippen molar-refractivity contribution in [3.05, 3.63) is 52.8 Å². The van der Waals surface area contributed by atoms with E-state index in [0.29, 0.717) is 43.2 Å². The number of amides is 1. The van der Waals surface area contributed by atoms with Gasteiger partial charge in [0.25, 0.3) is 0 Å². The van der Waals surface area contributed by atoms with Gasteiger partial charge in [-0.1, -0.05) is 17.7 Å². The van der Waals surface area contributed by atoms with E-state index in [4.69, 9.17) is 16.3 Å². The van der Waals surface area contributed by atoms with Gasteiger partial charge in [-0.2, -0.15) is 4.31 Å². The third-order valence-corrected chi connectivity index (χ3v) is 7.31. The molecule has 10 heteroatoms. The van der Waals surface area contributed by atoms with E-state index in [1.165, 1.54) is 28.6 Å². The Morgan fingerprint density at radius 2 is 1.77 bits per heavy atom. The molecule has 1 aliphatic heterocycles. The van der Waals surface area contributed by atoms with Crippen molar-refractivity contribution in [2.75, 3.05) is 36.9 Å². The van der Waals surface area contributed by atoms with E-state index in [1.807, 2.05) is 0 Å². The number of morpholine rings is 1. The number of sulfonamides is 1. The van der Waals surface area contributed by atoms with Crippen molar-refractivity contribution in [2.45, 2.75) is 31.2 Å². The van der Waals surface area contributed by atoms with E-state index in [2.05, 4.69) is 10.6 Å². The quantitative estimate of drug-likeness (QED) is 0.674. The molecule has 2 aromatic carbocycles. The molecule has 1 amide bonds. The molecular formula is C21H25ClFN3O4S. The molecule has 1 heterocycles. The van der Waals surface area contributed by atoms with E-state index in [-0.39, 0.29) is 9.92 Å². The van der Waals surface area contributed by atoms with Crippen molar-refractivity contribution in [3.8, 4) is 0 Å². The lowest BCUT2D eigenvalue weighted by atomic mass is 10.0. The highest BCUT2D eigenvalue weighted by Gasteiger charge is 2.30. The van der Waals surface area contributed by atoms with Crippen molar-refractivity contribution in [1.29, 1.82) is 0 Å². The van der Waals surface area contributed by atoms with Crippen LogP contribution in [0.25, 0.3) is 0 Å². The first-order valence-corrected chi connectivity index (χ1v) is 11.6. The first kappa shape index (κ1) is 23.5. The van der Waals surface area contributed by atoms with Gasteiger partial charge in [0.2, 0.25) is 15.9 Å². The molecule has 0 radical (unpaired) electrons. The van der Waals surface area contributed by atoms with Crippen molar-refractivity contribution in [1.82, 2.24) is 4.31 Å². The fourth-order valence-electron chi connectivity index (χ4n) is 3.16. The minimum Gasteiger partial charge on any atom is -0.379 e. The molecule has 1 aliphatic rings. The van der Waals surface area contributed by atoms with Gasteiger partial charge in [0.05, 0.1) is 23.1 Å². The second kappa shape index (κ2) is 9.12. The smallest absolute Gasteiger partial charge is 0.249 e. The van der Waals surface area contributed by atoms with Gasteiger partial charge in [0.15, 0.2) is 0 Å². The lowest BCUT2D eigenvalue weighted by Gasteiger charge is -2.28. The Hall–Kier alpha value is -2.20. The van der Waals surface area contributed by atoms with Crippen molar-refractivity contribution < 1.29 is 22.3 Å². The lowest BCUT2D eigenvalue weighted by molar-refractivity contribution is -0.119. The fraction of sp³-hybridized carbons (Fsp3) is 0.381. The van der Waals surface area contributed by atoms with Crippen LogP contribution in [-0.4, -0.2) is 50.5 Å². The first-order valence-electron chi connectivity index (χ1n) is 9.74. The summed E-state index contributed by atoms with van der Waals surface area (Å²) in [5, 5.41) is 5.67. The van der Waals surface area contributed by atoms with Crippen LogP contribution in [0.3, 0.4) is 0 Å². The first-order chi connectivity index (χ1) is 14.5. The van der Waals surface area contributed by atoms with Crippen LogP contribution in [0.15, 0.2) is 41.3 Å².